The number of carbonyl (C=O) groups is 1. The molecule has 0 aliphatic carbocycles. The van der Waals surface area contributed by atoms with Crippen LogP contribution in [0.1, 0.15) is 32.8 Å². The quantitative estimate of drug-likeness (QED) is 0.262. The van der Waals surface area contributed by atoms with E-state index in [-0.39, 0.29) is 41.7 Å². The average molecular weight is 489 g/mol. The molecule has 0 aliphatic heterocycles. The maximum absolute atomic E-state index is 13.4. The van der Waals surface area contributed by atoms with Gasteiger partial charge in [-0.1, -0.05) is 0 Å². The number of hydrogen-bond acceptors (Lipinski definition) is 2. The largest absolute Gasteiger partial charge is 0.361 e. The summed E-state index contributed by atoms with van der Waals surface area (Å²) in [5.74, 6) is 0.442. The van der Waals surface area contributed by atoms with E-state index in [1.165, 1.54) is 6.07 Å². The molecule has 1 aromatic carbocycles. The van der Waals surface area contributed by atoms with Crippen molar-refractivity contribution in [1.29, 1.82) is 0 Å². The van der Waals surface area contributed by atoms with Crippen molar-refractivity contribution in [2.24, 2.45) is 4.99 Å². The van der Waals surface area contributed by atoms with Crippen LogP contribution < -0.4 is 16.0 Å². The Kier molecular flexibility index (Phi) is 10.1. The molecule has 1 heterocycles. The first kappa shape index (κ1) is 23.2. The van der Waals surface area contributed by atoms with Gasteiger partial charge in [-0.2, -0.15) is 0 Å². The Morgan fingerprint density at radius 3 is 2.78 bits per heavy atom. The molecule has 0 saturated heterocycles. The van der Waals surface area contributed by atoms with E-state index in [0.29, 0.717) is 25.5 Å². The number of aliphatic imine (C=N–C) groups is 1. The van der Waals surface area contributed by atoms with Gasteiger partial charge in [-0.25, -0.2) is 4.39 Å². The predicted octanol–water partition coefficient (Wildman–Crippen LogP) is 2.94. The van der Waals surface area contributed by atoms with Gasteiger partial charge in [0.1, 0.15) is 5.82 Å². The van der Waals surface area contributed by atoms with Crippen LogP contribution in [0.4, 0.5) is 4.39 Å². The highest BCUT2D eigenvalue weighted by Gasteiger charge is 2.06. The zero-order chi connectivity index (χ0) is 18.9. The summed E-state index contributed by atoms with van der Waals surface area (Å²) >= 11 is 0. The molecule has 0 aliphatic rings. The van der Waals surface area contributed by atoms with Gasteiger partial charge >= 0.3 is 0 Å². The van der Waals surface area contributed by atoms with Crippen molar-refractivity contribution < 1.29 is 9.18 Å². The number of aromatic amines is 1. The highest BCUT2D eigenvalue weighted by Crippen LogP contribution is 2.19. The Morgan fingerprint density at radius 2 is 2.07 bits per heavy atom. The summed E-state index contributed by atoms with van der Waals surface area (Å²) in [6.45, 7) is 7.68. The van der Waals surface area contributed by atoms with Crippen molar-refractivity contribution in [2.45, 2.75) is 39.7 Å². The Hall–Kier alpha value is -1.84. The molecule has 8 heteroatoms. The van der Waals surface area contributed by atoms with Crippen LogP contribution in [0.25, 0.3) is 10.9 Å². The van der Waals surface area contributed by atoms with Crippen molar-refractivity contribution in [3.8, 4) is 0 Å². The van der Waals surface area contributed by atoms with Gasteiger partial charge < -0.3 is 20.9 Å². The molecule has 1 amide bonds. The van der Waals surface area contributed by atoms with E-state index in [1.807, 2.05) is 27.0 Å². The molecular formula is C19H29FIN5O. The van der Waals surface area contributed by atoms with Crippen molar-refractivity contribution >= 4 is 46.7 Å². The summed E-state index contributed by atoms with van der Waals surface area (Å²) in [6.07, 6.45) is 3.00. The lowest BCUT2D eigenvalue weighted by Crippen LogP contribution is -2.38. The van der Waals surface area contributed by atoms with Gasteiger partial charge in [-0.3, -0.25) is 9.79 Å². The van der Waals surface area contributed by atoms with Crippen LogP contribution in [-0.4, -0.2) is 42.5 Å². The first-order valence-corrected chi connectivity index (χ1v) is 9.06. The number of H-pyrrole nitrogens is 1. The van der Waals surface area contributed by atoms with Crippen molar-refractivity contribution in [3.05, 3.63) is 35.8 Å². The smallest absolute Gasteiger partial charge is 0.222 e. The van der Waals surface area contributed by atoms with Crippen LogP contribution >= 0.6 is 24.0 Å². The zero-order valence-corrected chi connectivity index (χ0v) is 18.4. The van der Waals surface area contributed by atoms with Crippen LogP contribution in [-0.2, 0) is 11.2 Å². The lowest BCUT2D eigenvalue weighted by Gasteiger charge is -2.11. The molecule has 150 valence electrons. The summed E-state index contributed by atoms with van der Waals surface area (Å²) in [5, 5.41) is 10.2. The first-order valence-electron chi connectivity index (χ1n) is 9.06. The maximum Gasteiger partial charge on any atom is 0.222 e. The minimum atomic E-state index is -0.235. The van der Waals surface area contributed by atoms with Crippen LogP contribution in [0, 0.1) is 5.82 Å². The fourth-order valence-electron chi connectivity index (χ4n) is 2.68. The van der Waals surface area contributed by atoms with E-state index < -0.39 is 0 Å². The monoisotopic (exact) mass is 489 g/mol. The number of aromatic nitrogens is 1. The fourth-order valence-corrected chi connectivity index (χ4v) is 2.68. The second kappa shape index (κ2) is 11.8. The minimum Gasteiger partial charge on any atom is -0.361 e. The molecule has 0 unspecified atom stereocenters. The van der Waals surface area contributed by atoms with Crippen LogP contribution in [0.5, 0.6) is 0 Å². The molecule has 0 bridgehead atoms. The summed E-state index contributed by atoms with van der Waals surface area (Å²) < 4.78 is 13.4. The van der Waals surface area contributed by atoms with Gasteiger partial charge in [0.05, 0.1) is 6.54 Å². The molecule has 6 nitrogen and oxygen atoms in total. The van der Waals surface area contributed by atoms with E-state index >= 15 is 0 Å². The number of amides is 1. The Balaban J connectivity index is 0.00000364. The molecule has 1 aromatic heterocycles. The van der Waals surface area contributed by atoms with E-state index in [0.717, 1.165) is 29.4 Å². The third-order valence-corrected chi connectivity index (χ3v) is 3.82. The molecule has 0 spiro atoms. The Morgan fingerprint density at radius 1 is 1.30 bits per heavy atom. The van der Waals surface area contributed by atoms with E-state index in [1.54, 1.807) is 12.1 Å². The molecule has 0 fully saturated rings. The third-order valence-electron chi connectivity index (χ3n) is 3.82. The molecule has 27 heavy (non-hydrogen) atoms. The lowest BCUT2D eigenvalue weighted by atomic mass is 10.1. The maximum atomic E-state index is 13.4. The van der Waals surface area contributed by atoms with Crippen molar-refractivity contribution in [2.75, 3.05) is 19.6 Å². The van der Waals surface area contributed by atoms with Crippen LogP contribution in [0.3, 0.4) is 0 Å². The molecule has 4 N–H and O–H groups in total. The molecule has 2 aromatic rings. The highest BCUT2D eigenvalue weighted by atomic mass is 127. The molecule has 2 rings (SSSR count). The number of nitrogens with zero attached hydrogens (tertiary/aromatic N) is 1. The van der Waals surface area contributed by atoms with E-state index in [4.69, 9.17) is 0 Å². The van der Waals surface area contributed by atoms with Gasteiger partial charge in [0, 0.05) is 42.7 Å². The summed E-state index contributed by atoms with van der Waals surface area (Å²) in [6, 6.07) is 4.88. The highest BCUT2D eigenvalue weighted by molar-refractivity contribution is 14.0. The SMILES string of the molecule is CCNC(=NCCC(=O)NC(C)C)NCCc1c[nH]c2ccc(F)cc12.I. The zero-order valence-electron chi connectivity index (χ0n) is 16.1. The van der Waals surface area contributed by atoms with Crippen molar-refractivity contribution in [1.82, 2.24) is 20.9 Å². The van der Waals surface area contributed by atoms with Gasteiger partial charge in [-0.15, -0.1) is 24.0 Å². The Labute approximate surface area is 176 Å². The number of fused-ring (bicyclic) bond motifs is 1. The van der Waals surface area contributed by atoms with Gasteiger partial charge in [-0.05, 0) is 51.0 Å². The number of nitrogens with one attached hydrogen (secondary N) is 4. The number of guanidine groups is 1. The standard InChI is InChI=1S/C19H28FN5O.HI/c1-4-21-19(23-10-8-18(26)25-13(2)3)22-9-7-14-12-24-17-6-5-15(20)11-16(14)17;/h5-6,11-13,24H,4,7-10H2,1-3H3,(H,25,26)(H2,21,22,23);1H. The summed E-state index contributed by atoms with van der Waals surface area (Å²) in [7, 11) is 0. The number of halogens is 2. The predicted molar refractivity (Wildman–Crippen MR) is 119 cm³/mol. The minimum absolute atomic E-state index is 0. The number of rotatable bonds is 8. The normalized spacial score (nSPS) is 11.4. The second-order valence-electron chi connectivity index (χ2n) is 6.41. The van der Waals surface area contributed by atoms with Crippen molar-refractivity contribution in [3.63, 3.8) is 0 Å². The Bertz CT molecular complexity index is 760. The van der Waals surface area contributed by atoms with Crippen LogP contribution in [0.2, 0.25) is 0 Å². The van der Waals surface area contributed by atoms with E-state index in [2.05, 4.69) is 25.9 Å². The lowest BCUT2D eigenvalue weighted by molar-refractivity contribution is -0.121. The third kappa shape index (κ3) is 7.74. The molecular weight excluding hydrogens is 460 g/mol. The molecule has 0 atom stereocenters. The number of benzene rings is 1. The molecule has 0 radical (unpaired) electrons. The van der Waals surface area contributed by atoms with Gasteiger partial charge in [0.25, 0.3) is 0 Å². The summed E-state index contributed by atoms with van der Waals surface area (Å²) in [4.78, 5) is 19.2. The number of hydrogen-bond donors (Lipinski definition) is 4. The van der Waals surface area contributed by atoms with Crippen LogP contribution in [0.15, 0.2) is 29.4 Å². The fraction of sp³-hybridized carbons (Fsp3) is 0.474. The van der Waals surface area contributed by atoms with E-state index in [9.17, 15) is 9.18 Å². The first-order chi connectivity index (χ1) is 12.5. The average Bonchev–Trinajstić information content (AvgIpc) is 2.96. The van der Waals surface area contributed by atoms with Gasteiger partial charge in [0.15, 0.2) is 5.96 Å². The summed E-state index contributed by atoms with van der Waals surface area (Å²) in [5.41, 5.74) is 1.98. The second-order valence-corrected chi connectivity index (χ2v) is 6.41. The van der Waals surface area contributed by atoms with Gasteiger partial charge in [0.2, 0.25) is 5.91 Å². The topological polar surface area (TPSA) is 81.3 Å². The molecule has 0 saturated carbocycles. The number of carbonyl (C=O) groups excluding carboxylic acids is 1.